The fraction of sp³-hybridized carbons (Fsp3) is 0.188. The number of hydrogen-bond acceptors (Lipinski definition) is 6. The summed E-state index contributed by atoms with van der Waals surface area (Å²) in [4.78, 5) is 22.5. The lowest BCUT2D eigenvalue weighted by molar-refractivity contribution is -0.389. The molecule has 0 bridgehead atoms. The first kappa shape index (κ1) is 19.1. The first-order valence-corrected chi connectivity index (χ1v) is 7.77. The Morgan fingerprint density at radius 2 is 2.11 bits per heavy atom. The molecule has 3 rings (SSSR count). The van der Waals surface area contributed by atoms with Crippen LogP contribution in [0.15, 0.2) is 41.1 Å². The molecular weight excluding hydrogens is 383 g/mol. The predicted octanol–water partition coefficient (Wildman–Crippen LogP) is 3.41. The van der Waals surface area contributed by atoms with Gasteiger partial charge in [0.05, 0.1) is 35.0 Å². The van der Waals surface area contributed by atoms with E-state index in [-0.39, 0.29) is 29.5 Å². The van der Waals surface area contributed by atoms with Gasteiger partial charge in [-0.05, 0) is 30.0 Å². The number of alkyl halides is 3. The van der Waals surface area contributed by atoms with E-state index in [0.29, 0.717) is 5.56 Å². The molecule has 0 aliphatic carbocycles. The maximum Gasteiger partial charge on any atom is 0.416 e. The number of nitrogens with zero attached hydrogens (tertiary/aromatic N) is 4. The van der Waals surface area contributed by atoms with Crippen LogP contribution in [0.25, 0.3) is 0 Å². The van der Waals surface area contributed by atoms with Gasteiger partial charge in [-0.3, -0.25) is 4.79 Å². The molecule has 0 unspecified atom stereocenters. The highest BCUT2D eigenvalue weighted by molar-refractivity contribution is 6.03. The molecule has 0 aliphatic rings. The van der Waals surface area contributed by atoms with Crippen LogP contribution < -0.4 is 5.32 Å². The Balaban J connectivity index is 1.82. The van der Waals surface area contributed by atoms with Gasteiger partial charge in [0, 0.05) is 5.69 Å². The topological polar surface area (TPSA) is 116 Å². The van der Waals surface area contributed by atoms with Gasteiger partial charge in [0.2, 0.25) is 0 Å². The molecule has 28 heavy (non-hydrogen) atoms. The zero-order valence-electron chi connectivity index (χ0n) is 14.2. The largest absolute Gasteiger partial charge is 0.416 e. The van der Waals surface area contributed by atoms with E-state index in [1.54, 1.807) is 0 Å². The Kier molecular flexibility index (Phi) is 4.86. The van der Waals surface area contributed by atoms with Crippen molar-refractivity contribution >= 4 is 17.4 Å². The Hall–Kier alpha value is -3.70. The van der Waals surface area contributed by atoms with Gasteiger partial charge in [0.1, 0.15) is 5.76 Å². The number of carbonyl (C=O) groups excluding carboxylic acids is 1. The van der Waals surface area contributed by atoms with Crippen molar-refractivity contribution in [1.29, 1.82) is 0 Å². The SMILES string of the molecule is Cc1onc(C(=O)Nc2cccc(C(F)(F)F)c2)c1Cn1ccc([N+](=O)[O-])n1. The Labute approximate surface area is 154 Å². The van der Waals surface area contributed by atoms with Crippen LogP contribution in [0, 0.1) is 17.0 Å². The second-order valence-corrected chi connectivity index (χ2v) is 5.73. The van der Waals surface area contributed by atoms with E-state index in [2.05, 4.69) is 15.6 Å². The molecule has 0 saturated carbocycles. The standard InChI is InChI=1S/C16H12F3N5O4/c1-9-12(8-23-6-5-13(21-23)24(26)27)14(22-28-9)15(25)20-11-4-2-3-10(7-11)16(17,18)19/h2-7H,8H2,1H3,(H,20,25). The zero-order valence-corrected chi connectivity index (χ0v) is 14.2. The summed E-state index contributed by atoms with van der Waals surface area (Å²) in [6, 6.07) is 5.32. The number of nitro groups is 1. The molecule has 2 heterocycles. The van der Waals surface area contributed by atoms with E-state index >= 15 is 0 Å². The van der Waals surface area contributed by atoms with Gasteiger partial charge >= 0.3 is 12.0 Å². The molecule has 1 N–H and O–H groups in total. The second kappa shape index (κ2) is 7.13. The Morgan fingerprint density at radius 1 is 1.36 bits per heavy atom. The third-order valence-electron chi connectivity index (χ3n) is 3.78. The number of aryl methyl sites for hydroxylation is 1. The number of halogens is 3. The summed E-state index contributed by atoms with van der Waals surface area (Å²) < 4.78 is 44.6. The number of carbonyl (C=O) groups is 1. The first-order chi connectivity index (χ1) is 13.1. The van der Waals surface area contributed by atoms with Gasteiger partial charge in [0.15, 0.2) is 5.69 Å². The minimum atomic E-state index is -4.55. The number of aromatic nitrogens is 3. The van der Waals surface area contributed by atoms with E-state index in [1.165, 1.54) is 29.9 Å². The average molecular weight is 395 g/mol. The van der Waals surface area contributed by atoms with Crippen molar-refractivity contribution in [3.63, 3.8) is 0 Å². The summed E-state index contributed by atoms with van der Waals surface area (Å²) in [7, 11) is 0. The van der Waals surface area contributed by atoms with E-state index in [0.717, 1.165) is 18.2 Å². The summed E-state index contributed by atoms with van der Waals surface area (Å²) in [6.07, 6.45) is -3.20. The molecule has 146 valence electrons. The third-order valence-corrected chi connectivity index (χ3v) is 3.78. The van der Waals surface area contributed by atoms with Crippen LogP contribution in [-0.4, -0.2) is 25.8 Å². The van der Waals surface area contributed by atoms with Crippen molar-refractivity contribution in [2.45, 2.75) is 19.6 Å². The van der Waals surface area contributed by atoms with E-state index in [1.807, 2.05) is 0 Å². The lowest BCUT2D eigenvalue weighted by atomic mass is 10.1. The van der Waals surface area contributed by atoms with Crippen LogP contribution in [0.4, 0.5) is 24.7 Å². The highest BCUT2D eigenvalue weighted by atomic mass is 19.4. The maximum atomic E-state index is 12.8. The van der Waals surface area contributed by atoms with Crippen LogP contribution in [0.3, 0.4) is 0 Å². The summed E-state index contributed by atoms with van der Waals surface area (Å²) >= 11 is 0. The van der Waals surface area contributed by atoms with E-state index in [4.69, 9.17) is 4.52 Å². The van der Waals surface area contributed by atoms with E-state index < -0.39 is 22.6 Å². The van der Waals surface area contributed by atoms with Gasteiger partial charge in [-0.1, -0.05) is 11.2 Å². The monoisotopic (exact) mass is 395 g/mol. The summed E-state index contributed by atoms with van der Waals surface area (Å²) in [5.74, 6) is -0.885. The fourth-order valence-electron chi connectivity index (χ4n) is 2.42. The third kappa shape index (κ3) is 4.00. The number of rotatable bonds is 5. The molecule has 0 saturated heterocycles. The van der Waals surface area contributed by atoms with Crippen LogP contribution in [0.5, 0.6) is 0 Å². The molecule has 0 atom stereocenters. The highest BCUT2D eigenvalue weighted by Gasteiger charge is 2.30. The van der Waals surface area contributed by atoms with Gasteiger partial charge in [-0.25, -0.2) is 0 Å². The predicted molar refractivity (Wildman–Crippen MR) is 88.6 cm³/mol. The number of hydrogen-bond donors (Lipinski definition) is 1. The first-order valence-electron chi connectivity index (χ1n) is 7.77. The second-order valence-electron chi connectivity index (χ2n) is 5.73. The molecule has 0 spiro atoms. The minimum absolute atomic E-state index is 0.0471. The summed E-state index contributed by atoms with van der Waals surface area (Å²) in [5, 5.41) is 20.4. The molecule has 3 aromatic rings. The molecule has 2 aromatic heterocycles. The lowest BCUT2D eigenvalue weighted by Crippen LogP contribution is -2.16. The molecule has 0 aliphatic heterocycles. The van der Waals surface area contributed by atoms with Gasteiger partial charge in [0.25, 0.3) is 5.91 Å². The van der Waals surface area contributed by atoms with Crippen molar-refractivity contribution < 1.29 is 27.4 Å². The number of nitrogens with one attached hydrogen (secondary N) is 1. The van der Waals surface area contributed by atoms with Crippen molar-refractivity contribution in [3.8, 4) is 0 Å². The van der Waals surface area contributed by atoms with Crippen LogP contribution in [0.2, 0.25) is 0 Å². The van der Waals surface area contributed by atoms with Crippen molar-refractivity contribution in [1.82, 2.24) is 14.9 Å². The molecular formula is C16H12F3N5O4. The molecule has 1 aromatic carbocycles. The molecule has 0 fully saturated rings. The Morgan fingerprint density at radius 3 is 2.75 bits per heavy atom. The molecule has 1 amide bonds. The van der Waals surface area contributed by atoms with Crippen LogP contribution in [0.1, 0.15) is 27.4 Å². The van der Waals surface area contributed by atoms with E-state index in [9.17, 15) is 28.1 Å². The lowest BCUT2D eigenvalue weighted by Gasteiger charge is -2.09. The fourth-order valence-corrected chi connectivity index (χ4v) is 2.42. The number of benzene rings is 1. The average Bonchev–Trinajstić information content (AvgIpc) is 3.22. The minimum Gasteiger partial charge on any atom is -0.361 e. The maximum absolute atomic E-state index is 12.8. The Bertz CT molecular complexity index is 1040. The van der Waals surface area contributed by atoms with Gasteiger partial charge < -0.3 is 20.0 Å². The quantitative estimate of drug-likeness (QED) is 0.523. The van der Waals surface area contributed by atoms with Crippen molar-refractivity contribution in [2.24, 2.45) is 0 Å². The molecule has 0 radical (unpaired) electrons. The summed E-state index contributed by atoms with van der Waals surface area (Å²) in [5.41, 5.74) is -0.845. The van der Waals surface area contributed by atoms with Crippen molar-refractivity contribution in [3.05, 3.63) is 69.2 Å². The molecule has 12 heteroatoms. The number of amides is 1. The number of anilines is 1. The van der Waals surface area contributed by atoms with Crippen LogP contribution >= 0.6 is 0 Å². The normalized spacial score (nSPS) is 11.4. The van der Waals surface area contributed by atoms with Gasteiger partial charge in [-0.15, -0.1) is 0 Å². The smallest absolute Gasteiger partial charge is 0.361 e. The molecule has 9 nitrogen and oxygen atoms in total. The van der Waals surface area contributed by atoms with Gasteiger partial charge in [-0.2, -0.15) is 17.9 Å². The summed E-state index contributed by atoms with van der Waals surface area (Å²) in [6.45, 7) is 1.48. The zero-order chi connectivity index (χ0) is 20.5. The highest BCUT2D eigenvalue weighted by Crippen LogP contribution is 2.30. The van der Waals surface area contributed by atoms with Crippen molar-refractivity contribution in [2.75, 3.05) is 5.32 Å². The van der Waals surface area contributed by atoms with Crippen LogP contribution in [-0.2, 0) is 12.7 Å².